The van der Waals surface area contributed by atoms with E-state index in [-0.39, 0.29) is 25.7 Å². The average Bonchev–Trinajstić information content (AvgIpc) is 2.35. The van der Waals surface area contributed by atoms with Crippen molar-refractivity contribution in [1.82, 2.24) is 4.90 Å². The first-order valence-electron chi connectivity index (χ1n) is 6.47. The number of primary amides is 1. The third-order valence-corrected chi connectivity index (χ3v) is 3.47. The van der Waals surface area contributed by atoms with Crippen molar-refractivity contribution in [2.75, 3.05) is 13.1 Å². The summed E-state index contributed by atoms with van der Waals surface area (Å²) >= 11 is 0. The summed E-state index contributed by atoms with van der Waals surface area (Å²) in [5.41, 5.74) is 4.93. The summed E-state index contributed by atoms with van der Waals surface area (Å²) in [7, 11) is 0. The van der Waals surface area contributed by atoms with Crippen LogP contribution in [0.3, 0.4) is 0 Å². The van der Waals surface area contributed by atoms with Gasteiger partial charge in [0.2, 0.25) is 11.8 Å². The van der Waals surface area contributed by atoms with Gasteiger partial charge in [-0.3, -0.25) is 14.4 Å². The number of halogens is 3. The molecule has 0 radical (unpaired) electrons. The lowest BCUT2D eigenvalue weighted by Crippen LogP contribution is -2.46. The number of amides is 2. The Morgan fingerprint density at radius 3 is 2.29 bits per heavy atom. The molecule has 2 unspecified atom stereocenters. The molecule has 1 saturated carbocycles. The SMILES string of the molecule is NC(=O)CN(CC(=O)O)C(=O)C1CCCC(C(F)(F)F)C1. The highest BCUT2D eigenvalue weighted by molar-refractivity contribution is 5.88. The van der Waals surface area contributed by atoms with Crippen LogP contribution in [0.5, 0.6) is 0 Å². The predicted molar refractivity (Wildman–Crippen MR) is 64.9 cm³/mol. The van der Waals surface area contributed by atoms with Crippen LogP contribution in [0.4, 0.5) is 13.2 Å². The van der Waals surface area contributed by atoms with E-state index < -0.39 is 48.9 Å². The summed E-state index contributed by atoms with van der Waals surface area (Å²) in [6, 6.07) is 0. The first-order chi connectivity index (χ1) is 9.61. The lowest BCUT2D eigenvalue weighted by atomic mass is 9.80. The summed E-state index contributed by atoms with van der Waals surface area (Å²) in [6.45, 7) is -1.37. The fraction of sp³-hybridized carbons (Fsp3) is 0.750. The van der Waals surface area contributed by atoms with Crippen LogP contribution in [0.25, 0.3) is 0 Å². The van der Waals surface area contributed by atoms with Crippen LogP contribution < -0.4 is 5.73 Å². The van der Waals surface area contributed by atoms with Crippen molar-refractivity contribution in [1.29, 1.82) is 0 Å². The standard InChI is InChI=1S/C12H17F3N2O4/c13-12(14,15)8-3-1-2-7(4-8)11(21)17(5-9(16)18)6-10(19)20/h7-8H,1-6H2,(H2,16,18)(H,19,20). The average molecular weight is 310 g/mol. The van der Waals surface area contributed by atoms with Gasteiger partial charge in [0.15, 0.2) is 0 Å². The summed E-state index contributed by atoms with van der Waals surface area (Å²) in [4.78, 5) is 34.4. The molecule has 0 aromatic carbocycles. The molecular formula is C12H17F3N2O4. The normalized spacial score (nSPS) is 22.6. The molecule has 0 aliphatic heterocycles. The van der Waals surface area contributed by atoms with Crippen molar-refractivity contribution < 1.29 is 32.7 Å². The fourth-order valence-corrected chi connectivity index (χ4v) is 2.53. The van der Waals surface area contributed by atoms with Crippen molar-refractivity contribution >= 4 is 17.8 Å². The number of carbonyl (C=O) groups excluding carboxylic acids is 2. The van der Waals surface area contributed by atoms with Crippen LogP contribution in [-0.4, -0.2) is 47.1 Å². The lowest BCUT2D eigenvalue weighted by molar-refractivity contribution is -0.187. The topological polar surface area (TPSA) is 101 Å². The Labute approximate surface area is 119 Å². The molecular weight excluding hydrogens is 293 g/mol. The van der Waals surface area contributed by atoms with E-state index in [1.54, 1.807) is 0 Å². The van der Waals surface area contributed by atoms with Crippen molar-refractivity contribution in [3.63, 3.8) is 0 Å². The molecule has 0 saturated heterocycles. The number of nitrogens with zero attached hydrogens (tertiary/aromatic N) is 1. The molecule has 9 heteroatoms. The molecule has 1 fully saturated rings. The monoisotopic (exact) mass is 310 g/mol. The highest BCUT2D eigenvalue weighted by Gasteiger charge is 2.44. The molecule has 0 bridgehead atoms. The molecule has 21 heavy (non-hydrogen) atoms. The quantitative estimate of drug-likeness (QED) is 0.782. The molecule has 0 aromatic rings. The molecule has 1 aliphatic carbocycles. The van der Waals surface area contributed by atoms with E-state index in [0.29, 0.717) is 4.90 Å². The van der Waals surface area contributed by atoms with Gasteiger partial charge >= 0.3 is 12.1 Å². The third kappa shape index (κ3) is 5.24. The van der Waals surface area contributed by atoms with E-state index in [1.807, 2.05) is 0 Å². The molecule has 2 atom stereocenters. The van der Waals surface area contributed by atoms with E-state index in [1.165, 1.54) is 0 Å². The number of hydrogen-bond donors (Lipinski definition) is 2. The zero-order valence-corrected chi connectivity index (χ0v) is 11.2. The smallest absolute Gasteiger partial charge is 0.391 e. The van der Waals surface area contributed by atoms with Crippen molar-refractivity contribution in [3.8, 4) is 0 Å². The van der Waals surface area contributed by atoms with Gasteiger partial charge in [-0.15, -0.1) is 0 Å². The minimum absolute atomic E-state index is 0.0397. The maximum absolute atomic E-state index is 12.7. The second-order valence-electron chi connectivity index (χ2n) is 5.16. The van der Waals surface area contributed by atoms with E-state index in [4.69, 9.17) is 10.8 Å². The Morgan fingerprint density at radius 1 is 1.19 bits per heavy atom. The Balaban J connectivity index is 2.77. The second-order valence-corrected chi connectivity index (χ2v) is 5.16. The number of rotatable bonds is 5. The number of carbonyl (C=O) groups is 3. The van der Waals surface area contributed by atoms with Gasteiger partial charge in [0.25, 0.3) is 0 Å². The van der Waals surface area contributed by atoms with Gasteiger partial charge in [0.1, 0.15) is 6.54 Å². The summed E-state index contributed by atoms with van der Waals surface area (Å²) in [5, 5.41) is 8.70. The highest BCUT2D eigenvalue weighted by atomic mass is 19.4. The maximum atomic E-state index is 12.7. The number of aliphatic carboxylic acids is 1. The van der Waals surface area contributed by atoms with Gasteiger partial charge in [0.05, 0.1) is 12.5 Å². The van der Waals surface area contributed by atoms with Crippen LogP contribution in [-0.2, 0) is 14.4 Å². The Kier molecular flexibility index (Phi) is 5.56. The third-order valence-electron chi connectivity index (χ3n) is 3.47. The molecule has 0 spiro atoms. The zero-order valence-electron chi connectivity index (χ0n) is 11.2. The minimum atomic E-state index is -4.37. The number of carboxylic acid groups (broad SMARTS) is 1. The van der Waals surface area contributed by atoms with Crippen LogP contribution >= 0.6 is 0 Å². The fourth-order valence-electron chi connectivity index (χ4n) is 2.53. The summed E-state index contributed by atoms with van der Waals surface area (Å²) < 4.78 is 38.1. The summed E-state index contributed by atoms with van der Waals surface area (Å²) in [6.07, 6.45) is -4.31. The van der Waals surface area contributed by atoms with Crippen LogP contribution in [0, 0.1) is 11.8 Å². The maximum Gasteiger partial charge on any atom is 0.391 e. The predicted octanol–water partition coefficient (Wildman–Crippen LogP) is 0.754. The van der Waals surface area contributed by atoms with Crippen molar-refractivity contribution in [2.24, 2.45) is 17.6 Å². The van der Waals surface area contributed by atoms with Crippen LogP contribution in [0.2, 0.25) is 0 Å². The van der Waals surface area contributed by atoms with E-state index in [9.17, 15) is 27.6 Å². The van der Waals surface area contributed by atoms with E-state index in [2.05, 4.69) is 0 Å². The second kappa shape index (κ2) is 6.77. The lowest BCUT2D eigenvalue weighted by Gasteiger charge is -2.32. The van der Waals surface area contributed by atoms with Crippen LogP contribution in [0.1, 0.15) is 25.7 Å². The van der Waals surface area contributed by atoms with Gasteiger partial charge in [-0.2, -0.15) is 13.2 Å². The molecule has 1 aliphatic rings. The van der Waals surface area contributed by atoms with E-state index >= 15 is 0 Å². The Bertz CT molecular complexity index is 409. The number of hydrogen-bond acceptors (Lipinski definition) is 3. The van der Waals surface area contributed by atoms with Gasteiger partial charge in [-0.25, -0.2) is 0 Å². The highest BCUT2D eigenvalue weighted by Crippen LogP contribution is 2.40. The molecule has 3 N–H and O–H groups in total. The molecule has 2 amide bonds. The largest absolute Gasteiger partial charge is 0.480 e. The zero-order chi connectivity index (χ0) is 16.2. The van der Waals surface area contributed by atoms with Crippen molar-refractivity contribution in [3.05, 3.63) is 0 Å². The Hall–Kier alpha value is -1.80. The number of alkyl halides is 3. The van der Waals surface area contributed by atoms with Gasteiger partial charge in [0, 0.05) is 5.92 Å². The molecule has 120 valence electrons. The summed E-state index contributed by atoms with van der Waals surface area (Å²) in [5.74, 6) is -5.52. The molecule has 0 aromatic heterocycles. The first-order valence-corrected chi connectivity index (χ1v) is 6.47. The first kappa shape index (κ1) is 17.3. The molecule has 1 rings (SSSR count). The number of carboxylic acids is 1. The number of nitrogens with two attached hydrogens (primary N) is 1. The van der Waals surface area contributed by atoms with Crippen LogP contribution in [0.15, 0.2) is 0 Å². The van der Waals surface area contributed by atoms with Gasteiger partial charge in [-0.05, 0) is 19.3 Å². The molecule has 6 nitrogen and oxygen atoms in total. The van der Waals surface area contributed by atoms with Crippen molar-refractivity contribution in [2.45, 2.75) is 31.9 Å². The minimum Gasteiger partial charge on any atom is -0.480 e. The molecule has 0 heterocycles. The van der Waals surface area contributed by atoms with Gasteiger partial charge in [-0.1, -0.05) is 6.42 Å². The van der Waals surface area contributed by atoms with E-state index in [0.717, 1.165) is 0 Å². The Morgan fingerprint density at radius 2 is 1.81 bits per heavy atom. The van der Waals surface area contributed by atoms with Gasteiger partial charge < -0.3 is 15.7 Å².